The van der Waals surface area contributed by atoms with Gasteiger partial charge in [0.25, 0.3) is 0 Å². The zero-order valence-corrected chi connectivity index (χ0v) is 14.1. The second kappa shape index (κ2) is 7.26. The molecule has 7 heteroatoms. The van der Waals surface area contributed by atoms with Crippen molar-refractivity contribution in [1.82, 2.24) is 10.6 Å². The summed E-state index contributed by atoms with van der Waals surface area (Å²) in [5.41, 5.74) is -0.234. The van der Waals surface area contributed by atoms with Gasteiger partial charge in [-0.05, 0) is 52.7 Å². The predicted molar refractivity (Wildman–Crippen MR) is 85.7 cm³/mol. The van der Waals surface area contributed by atoms with Crippen molar-refractivity contribution in [2.24, 2.45) is 5.41 Å². The molecular formula is C14H19BrN2O3S. The van der Waals surface area contributed by atoms with Crippen LogP contribution in [-0.2, 0) is 11.2 Å². The molecule has 0 saturated heterocycles. The van der Waals surface area contributed by atoms with Crippen LogP contribution in [0, 0.1) is 5.41 Å². The fourth-order valence-electron chi connectivity index (χ4n) is 2.53. The Morgan fingerprint density at radius 2 is 2.10 bits per heavy atom. The van der Waals surface area contributed by atoms with E-state index >= 15 is 0 Å². The maximum absolute atomic E-state index is 11.7. The lowest BCUT2D eigenvalue weighted by Crippen LogP contribution is -2.46. The van der Waals surface area contributed by atoms with Crippen LogP contribution >= 0.6 is 27.3 Å². The lowest BCUT2D eigenvalue weighted by atomic mass is 9.66. The predicted octanol–water partition coefficient (Wildman–Crippen LogP) is 3.00. The van der Waals surface area contributed by atoms with E-state index in [4.69, 9.17) is 5.11 Å². The Morgan fingerprint density at radius 1 is 1.33 bits per heavy atom. The van der Waals surface area contributed by atoms with Crippen LogP contribution in [0.15, 0.2) is 15.9 Å². The summed E-state index contributed by atoms with van der Waals surface area (Å²) in [5, 5.41) is 14.5. The molecule has 1 aromatic rings. The van der Waals surface area contributed by atoms with Crippen LogP contribution in [0.1, 0.15) is 30.6 Å². The van der Waals surface area contributed by atoms with Gasteiger partial charge in [-0.25, -0.2) is 4.79 Å². The molecule has 0 bridgehead atoms. The zero-order valence-electron chi connectivity index (χ0n) is 11.7. The molecule has 2 amide bonds. The topological polar surface area (TPSA) is 78.4 Å². The Hall–Kier alpha value is -1.08. The second-order valence-electron chi connectivity index (χ2n) is 5.49. The van der Waals surface area contributed by atoms with Gasteiger partial charge in [0, 0.05) is 18.0 Å². The van der Waals surface area contributed by atoms with Crippen molar-refractivity contribution >= 4 is 39.3 Å². The van der Waals surface area contributed by atoms with E-state index in [9.17, 15) is 9.59 Å². The molecule has 21 heavy (non-hydrogen) atoms. The SMILES string of the molecule is O=C(O)CC1(CNC(=O)NCCc2ccc(Br)s2)CCC1. The van der Waals surface area contributed by atoms with Crippen LogP contribution in [0.25, 0.3) is 0 Å². The summed E-state index contributed by atoms with van der Waals surface area (Å²) in [6, 6.07) is 3.80. The highest BCUT2D eigenvalue weighted by Gasteiger charge is 2.39. The Labute approximate surface area is 136 Å². The molecule has 1 fully saturated rings. The number of nitrogens with one attached hydrogen (secondary N) is 2. The molecule has 1 heterocycles. The lowest BCUT2D eigenvalue weighted by Gasteiger charge is -2.40. The Morgan fingerprint density at radius 3 is 2.62 bits per heavy atom. The van der Waals surface area contributed by atoms with Crippen LogP contribution in [0.2, 0.25) is 0 Å². The van der Waals surface area contributed by atoms with Crippen molar-refractivity contribution in [2.75, 3.05) is 13.1 Å². The van der Waals surface area contributed by atoms with E-state index in [1.54, 1.807) is 11.3 Å². The highest BCUT2D eigenvalue weighted by molar-refractivity contribution is 9.11. The highest BCUT2D eigenvalue weighted by Crippen LogP contribution is 2.43. The van der Waals surface area contributed by atoms with Gasteiger partial charge < -0.3 is 15.7 Å². The fraction of sp³-hybridized carbons (Fsp3) is 0.571. The van der Waals surface area contributed by atoms with Crippen molar-refractivity contribution in [3.63, 3.8) is 0 Å². The molecule has 0 atom stereocenters. The number of carboxylic acids is 1. The molecule has 2 rings (SSSR count). The Balaban J connectivity index is 1.66. The third-order valence-electron chi connectivity index (χ3n) is 3.85. The maximum Gasteiger partial charge on any atom is 0.314 e. The molecule has 0 unspecified atom stereocenters. The van der Waals surface area contributed by atoms with E-state index in [1.165, 1.54) is 4.88 Å². The summed E-state index contributed by atoms with van der Waals surface area (Å²) >= 11 is 5.06. The minimum atomic E-state index is -0.791. The fourth-order valence-corrected chi connectivity index (χ4v) is 4.01. The third-order valence-corrected chi connectivity index (χ3v) is 5.53. The summed E-state index contributed by atoms with van der Waals surface area (Å²) in [6.07, 6.45) is 3.73. The van der Waals surface area contributed by atoms with E-state index < -0.39 is 5.97 Å². The maximum atomic E-state index is 11.7. The number of hydrogen-bond donors (Lipinski definition) is 3. The quantitative estimate of drug-likeness (QED) is 0.686. The van der Waals surface area contributed by atoms with Crippen molar-refractivity contribution in [3.05, 3.63) is 20.8 Å². The summed E-state index contributed by atoms with van der Waals surface area (Å²) in [4.78, 5) is 23.8. The summed E-state index contributed by atoms with van der Waals surface area (Å²) < 4.78 is 1.09. The molecule has 3 N–H and O–H groups in total. The summed E-state index contributed by atoms with van der Waals surface area (Å²) in [7, 11) is 0. The molecule has 116 valence electrons. The van der Waals surface area contributed by atoms with Gasteiger partial charge in [0.05, 0.1) is 10.2 Å². The molecular weight excluding hydrogens is 356 g/mol. The molecule has 0 aromatic carbocycles. The van der Waals surface area contributed by atoms with Gasteiger partial charge in [-0.15, -0.1) is 11.3 Å². The van der Waals surface area contributed by atoms with E-state index in [1.807, 2.05) is 12.1 Å². The van der Waals surface area contributed by atoms with Gasteiger partial charge in [0.2, 0.25) is 0 Å². The minimum Gasteiger partial charge on any atom is -0.481 e. The molecule has 5 nitrogen and oxygen atoms in total. The number of carbonyl (C=O) groups is 2. The standard InChI is InChI=1S/C14H19BrN2O3S/c15-11-3-2-10(21-11)4-7-16-13(20)17-9-14(5-1-6-14)8-12(18)19/h2-3H,1,4-9H2,(H,18,19)(H2,16,17,20). The minimum absolute atomic E-state index is 0.135. The average molecular weight is 375 g/mol. The number of halogens is 1. The number of amides is 2. The van der Waals surface area contributed by atoms with Gasteiger partial charge in [-0.2, -0.15) is 0 Å². The molecule has 0 spiro atoms. The summed E-state index contributed by atoms with van der Waals surface area (Å²) in [6.45, 7) is 1.01. The monoisotopic (exact) mass is 374 g/mol. The molecule has 0 radical (unpaired) electrons. The smallest absolute Gasteiger partial charge is 0.314 e. The number of thiophene rings is 1. The van der Waals surface area contributed by atoms with E-state index in [-0.39, 0.29) is 17.9 Å². The largest absolute Gasteiger partial charge is 0.481 e. The molecule has 1 aliphatic carbocycles. The number of carboxylic acid groups (broad SMARTS) is 1. The van der Waals surface area contributed by atoms with E-state index in [2.05, 4.69) is 26.6 Å². The third kappa shape index (κ3) is 5.00. The second-order valence-corrected chi connectivity index (χ2v) is 8.04. The van der Waals surface area contributed by atoms with Crippen LogP contribution in [0.4, 0.5) is 4.79 Å². The van der Waals surface area contributed by atoms with E-state index in [0.29, 0.717) is 13.1 Å². The van der Waals surface area contributed by atoms with Gasteiger partial charge in [0.15, 0.2) is 0 Å². The Bertz CT molecular complexity index is 514. The number of aliphatic carboxylic acids is 1. The first kappa shape index (κ1) is 16.3. The molecule has 1 aliphatic rings. The number of carbonyl (C=O) groups excluding carboxylic acids is 1. The average Bonchev–Trinajstić information content (AvgIpc) is 2.78. The molecule has 1 aromatic heterocycles. The van der Waals surface area contributed by atoms with Gasteiger partial charge in [0.1, 0.15) is 0 Å². The molecule has 0 aliphatic heterocycles. The van der Waals surface area contributed by atoms with Crippen LogP contribution in [0.5, 0.6) is 0 Å². The van der Waals surface area contributed by atoms with Crippen LogP contribution in [0.3, 0.4) is 0 Å². The lowest BCUT2D eigenvalue weighted by molar-refractivity contribution is -0.141. The van der Waals surface area contributed by atoms with Crippen LogP contribution in [-0.4, -0.2) is 30.2 Å². The van der Waals surface area contributed by atoms with Crippen molar-refractivity contribution in [3.8, 4) is 0 Å². The van der Waals surface area contributed by atoms with Crippen molar-refractivity contribution < 1.29 is 14.7 Å². The zero-order chi connectivity index (χ0) is 15.3. The van der Waals surface area contributed by atoms with Gasteiger partial charge >= 0.3 is 12.0 Å². The van der Waals surface area contributed by atoms with Crippen molar-refractivity contribution in [2.45, 2.75) is 32.1 Å². The van der Waals surface area contributed by atoms with Gasteiger partial charge in [-0.1, -0.05) is 6.42 Å². The first-order chi connectivity index (χ1) is 9.99. The number of hydrogen-bond acceptors (Lipinski definition) is 3. The number of urea groups is 1. The van der Waals surface area contributed by atoms with E-state index in [0.717, 1.165) is 29.5 Å². The van der Waals surface area contributed by atoms with Crippen LogP contribution < -0.4 is 10.6 Å². The summed E-state index contributed by atoms with van der Waals surface area (Å²) in [5.74, 6) is -0.791. The number of rotatable bonds is 7. The van der Waals surface area contributed by atoms with Gasteiger partial charge in [-0.3, -0.25) is 4.79 Å². The van der Waals surface area contributed by atoms with Crippen molar-refractivity contribution in [1.29, 1.82) is 0 Å². The highest BCUT2D eigenvalue weighted by atomic mass is 79.9. The first-order valence-electron chi connectivity index (χ1n) is 6.97. The molecule has 1 saturated carbocycles. The first-order valence-corrected chi connectivity index (χ1v) is 8.58. The Kier molecular flexibility index (Phi) is 5.64. The normalized spacial score (nSPS) is 16.0.